The molecule has 1 aromatic rings. The highest BCUT2D eigenvalue weighted by molar-refractivity contribution is 8.76. The van der Waals surface area contributed by atoms with Crippen LogP contribution in [-0.2, 0) is 20.7 Å². The summed E-state index contributed by atoms with van der Waals surface area (Å²) < 4.78 is 6.57. The summed E-state index contributed by atoms with van der Waals surface area (Å²) in [5.41, 5.74) is -11.0. The van der Waals surface area contributed by atoms with Gasteiger partial charge in [-0.1, -0.05) is 93.5 Å². The van der Waals surface area contributed by atoms with E-state index in [4.69, 9.17) is 4.74 Å². The van der Waals surface area contributed by atoms with E-state index < -0.39 is 85.4 Å². The number of aliphatic hydroxyl groups is 7. The fourth-order valence-electron chi connectivity index (χ4n) is 20.7. The Labute approximate surface area is 433 Å². The summed E-state index contributed by atoms with van der Waals surface area (Å²) in [4.78, 5) is 34.0. The fourth-order valence-corrected chi connectivity index (χ4v) is 23.7. The van der Waals surface area contributed by atoms with Crippen LogP contribution in [0.15, 0.2) is 42.0 Å². The number of rotatable bonds is 5. The van der Waals surface area contributed by atoms with Gasteiger partial charge in [0.05, 0.1) is 35.2 Å². The number of anilines is 1. The number of amides is 1. The summed E-state index contributed by atoms with van der Waals surface area (Å²) in [7, 11) is 2.68. The van der Waals surface area contributed by atoms with Crippen LogP contribution in [0.25, 0.3) is 0 Å². The number of hydrogen-bond donors (Lipinski definition) is 8. The minimum atomic E-state index is -2.01. The Kier molecular flexibility index (Phi) is 12.0. The number of hydrogen-bond acceptors (Lipinski definition) is 13. The predicted molar refractivity (Wildman–Crippen MR) is 276 cm³/mol. The SMILES string of the molecule is CC(C)C(C)C1OC1C1(O)CC=CC2CC3C4=CC(=O)C5(CC(O)C(O)(CO)C6(CCCC6)C35C)C(O)SSCC3CCCC(CO)C35C(=O)N(CC53CCCC3)c3cc(O)cc(c3)CCC23C1CCC43O. The standard InChI is InChI=1S/C58H81NO11S2/c1-33(2)34(3)46-47(70-46)55(67)20-10-13-36-25-41-42-27-44(63)54(28-45(64)57(69,32-61)52(50(41,54)4)18-7-8-19-52)49(66)72-71-30-38-12-9-11-37(29-60)58(38)48(65)59(31-51(58)16-5-6-17-51)39-23-35(24-40(62)26-39)14-21-53(36)43(55)15-22-56(42,53)68/h10,13,23-24,26-27,33-34,36-38,41,43,45-47,49,60-62,64,66-69H,5-9,11-12,14-22,25,28-32H2,1-4H3. The number of aryl methyl sites for hydroxylation is 1. The molecule has 14 rings (SSSR count). The Balaban J connectivity index is 1.09. The van der Waals surface area contributed by atoms with Crippen molar-refractivity contribution in [3.8, 4) is 5.75 Å². The van der Waals surface area contributed by atoms with Crippen LogP contribution < -0.4 is 4.90 Å². The second-order valence-corrected chi connectivity index (χ2v) is 28.7. The molecule has 2 saturated heterocycles. The normalized spacial score (nSPS) is 48.2. The number of ketones is 1. The molecule has 14 heteroatoms. The molecule has 13 aliphatic rings. The molecule has 1 aromatic carbocycles. The van der Waals surface area contributed by atoms with Crippen LogP contribution in [0.3, 0.4) is 0 Å². The minimum absolute atomic E-state index is 0.0140. The third kappa shape index (κ3) is 6.03. The molecule has 17 atom stereocenters. The van der Waals surface area contributed by atoms with Gasteiger partial charge in [-0.2, -0.15) is 0 Å². The molecule has 0 radical (unpaired) electrons. The molecule has 5 heterocycles. The molecule has 5 spiro atoms. The maximum Gasteiger partial charge on any atom is 0.234 e. The van der Waals surface area contributed by atoms with Crippen molar-refractivity contribution >= 4 is 39.0 Å². The number of carbonyl (C=O) groups excluding carboxylic acids is 2. The highest BCUT2D eigenvalue weighted by atomic mass is 33.1. The van der Waals surface area contributed by atoms with Crippen molar-refractivity contribution in [2.24, 2.45) is 73.9 Å². The number of epoxide rings is 1. The van der Waals surface area contributed by atoms with Gasteiger partial charge in [-0.15, -0.1) is 0 Å². The average molecular weight is 1030 g/mol. The van der Waals surface area contributed by atoms with Crippen LogP contribution in [0.1, 0.15) is 142 Å². The number of benzene rings is 1. The van der Waals surface area contributed by atoms with E-state index in [-0.39, 0.29) is 66.7 Å². The van der Waals surface area contributed by atoms with E-state index >= 15 is 9.59 Å². The van der Waals surface area contributed by atoms with Gasteiger partial charge in [-0.05, 0) is 154 Å². The Bertz CT molecular complexity index is 2440. The lowest BCUT2D eigenvalue weighted by atomic mass is 9.31. The first-order valence-electron chi connectivity index (χ1n) is 28.0. The number of carbonyl (C=O) groups is 2. The Morgan fingerprint density at radius 3 is 2.35 bits per heavy atom. The quantitative estimate of drug-likeness (QED) is 0.0822. The van der Waals surface area contributed by atoms with Crippen molar-refractivity contribution in [3.05, 3.63) is 47.6 Å². The molecule has 8 bridgehead atoms. The molecule has 8 aliphatic carbocycles. The zero-order valence-corrected chi connectivity index (χ0v) is 44.6. The van der Waals surface area contributed by atoms with Crippen LogP contribution in [0, 0.1) is 73.9 Å². The van der Waals surface area contributed by atoms with Gasteiger partial charge in [0.15, 0.2) is 5.78 Å². The Morgan fingerprint density at radius 2 is 1.64 bits per heavy atom. The van der Waals surface area contributed by atoms with Crippen molar-refractivity contribution in [2.45, 2.75) is 184 Å². The van der Waals surface area contributed by atoms with Crippen LogP contribution >= 0.6 is 21.6 Å². The zero-order chi connectivity index (χ0) is 50.8. The van der Waals surface area contributed by atoms with Crippen molar-refractivity contribution < 1.29 is 55.2 Å². The van der Waals surface area contributed by atoms with Gasteiger partial charge in [0.2, 0.25) is 5.91 Å². The van der Waals surface area contributed by atoms with Crippen molar-refractivity contribution in [1.82, 2.24) is 0 Å². The number of allylic oxidation sites excluding steroid dienone is 2. The van der Waals surface area contributed by atoms with Gasteiger partial charge >= 0.3 is 0 Å². The molecular weight excluding hydrogens is 951 g/mol. The Hall–Kier alpha value is -1.98. The topological polar surface area (TPSA) is 212 Å². The summed E-state index contributed by atoms with van der Waals surface area (Å²) in [6.45, 7) is 8.18. The summed E-state index contributed by atoms with van der Waals surface area (Å²) in [5.74, 6) is -1.26. The second-order valence-electron chi connectivity index (χ2n) is 26.2. The number of phenols is 1. The highest BCUT2D eigenvalue weighted by Crippen LogP contribution is 2.81. The van der Waals surface area contributed by atoms with Gasteiger partial charge in [0, 0.05) is 52.8 Å². The maximum atomic E-state index is 16.2. The summed E-state index contributed by atoms with van der Waals surface area (Å²) >= 11 is 0. The smallest absolute Gasteiger partial charge is 0.234 e. The average Bonchev–Trinajstić information content (AvgIpc) is 3.58. The summed E-state index contributed by atoms with van der Waals surface area (Å²) in [6, 6.07) is 5.51. The van der Waals surface area contributed by atoms with Crippen LogP contribution in [0.2, 0.25) is 0 Å². The zero-order valence-electron chi connectivity index (χ0n) is 42.9. The minimum Gasteiger partial charge on any atom is -0.508 e. The molecule has 12 nitrogen and oxygen atoms in total. The van der Waals surface area contributed by atoms with Crippen LogP contribution in [0.4, 0.5) is 5.69 Å². The molecule has 72 heavy (non-hydrogen) atoms. The molecular formula is C58H81NO11S2. The number of nitrogens with zero attached hydrogens (tertiary/aromatic N) is 1. The van der Waals surface area contributed by atoms with E-state index in [1.807, 2.05) is 17.9 Å². The first-order chi connectivity index (χ1) is 34.3. The van der Waals surface area contributed by atoms with Crippen LogP contribution in [0.5, 0.6) is 5.75 Å². The van der Waals surface area contributed by atoms with E-state index in [0.717, 1.165) is 50.5 Å². The highest BCUT2D eigenvalue weighted by Gasteiger charge is 2.84. The molecule has 396 valence electrons. The fraction of sp³-hybridized carbons (Fsp3) is 0.793. The monoisotopic (exact) mass is 1030 g/mol. The van der Waals surface area contributed by atoms with E-state index in [1.165, 1.54) is 21.6 Å². The van der Waals surface area contributed by atoms with Gasteiger partial charge in [0.1, 0.15) is 28.5 Å². The van der Waals surface area contributed by atoms with Gasteiger partial charge in [-0.25, -0.2) is 0 Å². The summed E-state index contributed by atoms with van der Waals surface area (Å²) in [6.07, 6.45) is 13.8. The van der Waals surface area contributed by atoms with E-state index in [9.17, 15) is 40.9 Å². The molecule has 8 N–H and O–H groups in total. The lowest BCUT2D eigenvalue weighted by molar-refractivity contribution is -0.309. The lowest BCUT2D eigenvalue weighted by Crippen LogP contribution is -2.79. The Morgan fingerprint density at radius 1 is 0.903 bits per heavy atom. The van der Waals surface area contributed by atoms with E-state index in [0.29, 0.717) is 87.3 Å². The van der Waals surface area contributed by atoms with Crippen molar-refractivity contribution in [3.63, 3.8) is 0 Å². The molecule has 5 aliphatic heterocycles. The van der Waals surface area contributed by atoms with Crippen LogP contribution in [-0.4, -0.2) is 119 Å². The van der Waals surface area contributed by atoms with Crippen molar-refractivity contribution in [1.29, 1.82) is 0 Å². The third-order valence-corrected chi connectivity index (χ3v) is 26.8. The van der Waals surface area contributed by atoms with E-state index in [2.05, 4.69) is 32.9 Å². The largest absolute Gasteiger partial charge is 0.508 e. The summed E-state index contributed by atoms with van der Waals surface area (Å²) in [5, 5.41) is 101. The maximum absolute atomic E-state index is 16.2. The number of ether oxygens (including phenoxy) is 1. The predicted octanol–water partition coefficient (Wildman–Crippen LogP) is 7.40. The number of aromatic hydroxyl groups is 1. The molecule has 0 aromatic heterocycles. The molecule has 6 saturated carbocycles. The first-order valence-corrected chi connectivity index (χ1v) is 30.4. The molecule has 17 unspecified atom stereocenters. The van der Waals surface area contributed by atoms with Crippen molar-refractivity contribution in [2.75, 3.05) is 30.4 Å². The lowest BCUT2D eigenvalue weighted by Gasteiger charge is -2.74. The molecule has 8 fully saturated rings. The third-order valence-electron chi connectivity index (χ3n) is 24.2. The van der Waals surface area contributed by atoms with Gasteiger partial charge < -0.3 is 50.5 Å². The number of aliphatic hydroxyl groups excluding tert-OH is 4. The van der Waals surface area contributed by atoms with E-state index in [1.54, 1.807) is 18.2 Å². The van der Waals surface area contributed by atoms with Gasteiger partial charge in [-0.3, -0.25) is 9.59 Å². The second kappa shape index (κ2) is 17.0. The number of fused-ring (bicyclic) bond motifs is 1. The van der Waals surface area contributed by atoms with Gasteiger partial charge in [0.25, 0.3) is 0 Å². The molecule has 1 amide bonds. The number of phenolic OH excluding ortho intramolecular Hbond substituents is 1. The first kappa shape index (κ1) is 50.8.